The zero-order valence-corrected chi connectivity index (χ0v) is 5.08. The lowest BCUT2D eigenvalue weighted by Gasteiger charge is -2.18. The third-order valence-electron chi connectivity index (χ3n) is 2.33. The molecule has 2 atom stereocenters. The molecule has 1 saturated carbocycles. The molecule has 3 heteroatoms. The minimum Gasteiger partial charge on any atom is -0.286 e. The molecular weight excluding hydrogens is 118 g/mol. The van der Waals surface area contributed by atoms with Gasteiger partial charge in [0.25, 0.3) is 0 Å². The van der Waals surface area contributed by atoms with Crippen LogP contribution in [0.5, 0.6) is 0 Å². The Balaban J connectivity index is 2.25. The molecule has 0 aromatic heterocycles. The van der Waals surface area contributed by atoms with Gasteiger partial charge in [-0.2, -0.15) is 0 Å². The predicted octanol–water partition coefficient (Wildman–Crippen LogP) is 0.387. The first-order valence-electron chi connectivity index (χ1n) is 3.31. The predicted molar refractivity (Wildman–Crippen MR) is 29.8 cm³/mol. The molecule has 3 nitrogen and oxygen atoms in total. The van der Waals surface area contributed by atoms with Crippen LogP contribution in [0.2, 0.25) is 0 Å². The Morgan fingerprint density at radius 2 is 2.33 bits per heavy atom. The second-order valence-corrected chi connectivity index (χ2v) is 2.85. The van der Waals surface area contributed by atoms with Crippen LogP contribution in [0.25, 0.3) is 0 Å². The highest BCUT2D eigenvalue weighted by Crippen LogP contribution is 2.36. The molecule has 2 unspecified atom stereocenters. The van der Waals surface area contributed by atoms with E-state index < -0.39 is 0 Å². The molecule has 2 bridgehead atoms. The Bertz CT molecular complexity index is 153. The van der Waals surface area contributed by atoms with E-state index in [1.807, 2.05) is 0 Å². The number of nitrogens with zero attached hydrogens (tertiary/aromatic N) is 1. The van der Waals surface area contributed by atoms with Crippen molar-refractivity contribution in [2.45, 2.75) is 25.3 Å². The number of carbonyl (C=O) groups excluding carboxylic acids is 1. The van der Waals surface area contributed by atoms with E-state index in [1.54, 1.807) is 0 Å². The van der Waals surface area contributed by atoms with Crippen molar-refractivity contribution in [3.8, 4) is 0 Å². The number of fused-ring (bicyclic) bond motifs is 2. The molecular formula is C6H9NO2. The van der Waals surface area contributed by atoms with Gasteiger partial charge in [0.1, 0.15) is 0 Å². The number of carbonyl (C=O) groups is 1. The zero-order chi connectivity index (χ0) is 6.43. The Morgan fingerprint density at radius 3 is 2.67 bits per heavy atom. The number of rotatable bonds is 0. The van der Waals surface area contributed by atoms with E-state index in [2.05, 4.69) is 0 Å². The van der Waals surface area contributed by atoms with Gasteiger partial charge in [-0.1, -0.05) is 0 Å². The molecule has 1 saturated heterocycles. The molecule has 9 heavy (non-hydrogen) atoms. The standard InChI is InChI=1S/C6H9NO2/c8-6-4-1-2-5(3-4)7(6)9/h4-5,9H,1-3H2. The molecule has 2 fully saturated rings. The Labute approximate surface area is 53.2 Å². The van der Waals surface area contributed by atoms with E-state index in [9.17, 15) is 4.79 Å². The molecule has 1 aliphatic carbocycles. The van der Waals surface area contributed by atoms with Crippen molar-refractivity contribution in [1.29, 1.82) is 0 Å². The quantitative estimate of drug-likeness (QED) is 0.478. The molecule has 1 amide bonds. The summed E-state index contributed by atoms with van der Waals surface area (Å²) in [6.07, 6.45) is 2.86. The maximum Gasteiger partial charge on any atom is 0.249 e. The zero-order valence-electron chi connectivity index (χ0n) is 5.08. The Hall–Kier alpha value is -0.570. The van der Waals surface area contributed by atoms with Gasteiger partial charge >= 0.3 is 0 Å². The third kappa shape index (κ3) is 0.525. The normalized spacial score (nSPS) is 40.6. The summed E-state index contributed by atoms with van der Waals surface area (Å²) in [7, 11) is 0. The lowest BCUT2D eigenvalue weighted by atomic mass is 10.1. The molecule has 0 aromatic rings. The number of hydroxylamine groups is 2. The first-order chi connectivity index (χ1) is 4.29. The van der Waals surface area contributed by atoms with Gasteiger partial charge in [0.15, 0.2) is 0 Å². The smallest absolute Gasteiger partial charge is 0.249 e. The molecule has 2 aliphatic rings. The van der Waals surface area contributed by atoms with Crippen LogP contribution in [0.4, 0.5) is 0 Å². The van der Waals surface area contributed by atoms with Crippen LogP contribution in [0.1, 0.15) is 19.3 Å². The topological polar surface area (TPSA) is 40.5 Å². The van der Waals surface area contributed by atoms with Crippen LogP contribution in [0, 0.1) is 5.92 Å². The van der Waals surface area contributed by atoms with Crippen molar-refractivity contribution in [3.05, 3.63) is 0 Å². The second-order valence-electron chi connectivity index (χ2n) is 2.85. The van der Waals surface area contributed by atoms with Crippen LogP contribution in [0.15, 0.2) is 0 Å². The first kappa shape index (κ1) is 5.23. The average Bonchev–Trinajstić information content (AvgIpc) is 2.37. The van der Waals surface area contributed by atoms with Gasteiger partial charge in [-0.15, -0.1) is 0 Å². The van der Waals surface area contributed by atoms with E-state index in [4.69, 9.17) is 5.21 Å². The number of piperidine rings is 1. The fourth-order valence-electron chi connectivity index (χ4n) is 1.77. The summed E-state index contributed by atoms with van der Waals surface area (Å²) < 4.78 is 0. The monoisotopic (exact) mass is 127 g/mol. The largest absolute Gasteiger partial charge is 0.286 e. The number of amides is 1. The second kappa shape index (κ2) is 1.48. The first-order valence-corrected chi connectivity index (χ1v) is 3.31. The van der Waals surface area contributed by atoms with Gasteiger partial charge in [-0.05, 0) is 19.3 Å². The van der Waals surface area contributed by atoms with Gasteiger partial charge < -0.3 is 0 Å². The Morgan fingerprint density at radius 1 is 1.56 bits per heavy atom. The van der Waals surface area contributed by atoms with Gasteiger partial charge in [0, 0.05) is 5.92 Å². The summed E-state index contributed by atoms with van der Waals surface area (Å²) in [5, 5.41) is 9.88. The van der Waals surface area contributed by atoms with Crippen molar-refractivity contribution in [2.75, 3.05) is 0 Å². The summed E-state index contributed by atoms with van der Waals surface area (Å²) in [6.45, 7) is 0. The van der Waals surface area contributed by atoms with Crippen LogP contribution < -0.4 is 0 Å². The van der Waals surface area contributed by atoms with E-state index >= 15 is 0 Å². The van der Waals surface area contributed by atoms with Crippen molar-refractivity contribution in [2.24, 2.45) is 5.92 Å². The van der Waals surface area contributed by atoms with Gasteiger partial charge in [0.05, 0.1) is 6.04 Å². The third-order valence-corrected chi connectivity index (χ3v) is 2.33. The Kier molecular flexibility index (Phi) is 0.858. The summed E-state index contributed by atoms with van der Waals surface area (Å²) >= 11 is 0. The maximum atomic E-state index is 10.8. The highest BCUT2D eigenvalue weighted by atomic mass is 16.5. The fourth-order valence-corrected chi connectivity index (χ4v) is 1.77. The number of hydrogen-bond acceptors (Lipinski definition) is 2. The van der Waals surface area contributed by atoms with Crippen molar-refractivity contribution < 1.29 is 10.0 Å². The molecule has 2 rings (SSSR count). The average molecular weight is 127 g/mol. The SMILES string of the molecule is O=C1C2CCC(C2)N1O. The lowest BCUT2D eigenvalue weighted by Crippen LogP contribution is -2.33. The van der Waals surface area contributed by atoms with E-state index in [1.165, 1.54) is 0 Å². The molecule has 0 radical (unpaired) electrons. The van der Waals surface area contributed by atoms with Crippen molar-refractivity contribution >= 4 is 5.91 Å². The number of hydrogen-bond donors (Lipinski definition) is 1. The highest BCUT2D eigenvalue weighted by molar-refractivity contribution is 5.81. The van der Waals surface area contributed by atoms with E-state index in [-0.39, 0.29) is 17.9 Å². The van der Waals surface area contributed by atoms with Gasteiger partial charge in [-0.25, -0.2) is 5.06 Å². The maximum absolute atomic E-state index is 10.8. The summed E-state index contributed by atoms with van der Waals surface area (Å²) in [4.78, 5) is 10.8. The molecule has 1 heterocycles. The van der Waals surface area contributed by atoms with Crippen LogP contribution in [-0.4, -0.2) is 22.2 Å². The fraction of sp³-hybridized carbons (Fsp3) is 0.833. The molecule has 0 spiro atoms. The van der Waals surface area contributed by atoms with E-state index in [0.29, 0.717) is 0 Å². The lowest BCUT2D eigenvalue weighted by molar-refractivity contribution is -0.171. The van der Waals surface area contributed by atoms with Crippen LogP contribution >= 0.6 is 0 Å². The van der Waals surface area contributed by atoms with Gasteiger partial charge in [-0.3, -0.25) is 10.0 Å². The molecule has 0 aromatic carbocycles. The van der Waals surface area contributed by atoms with E-state index in [0.717, 1.165) is 24.3 Å². The summed E-state index contributed by atoms with van der Waals surface area (Å²) in [6, 6.07) is 0.155. The van der Waals surface area contributed by atoms with Crippen LogP contribution in [-0.2, 0) is 4.79 Å². The van der Waals surface area contributed by atoms with Crippen molar-refractivity contribution in [3.63, 3.8) is 0 Å². The summed E-state index contributed by atoms with van der Waals surface area (Å²) in [5.41, 5.74) is 0. The van der Waals surface area contributed by atoms with Crippen LogP contribution in [0.3, 0.4) is 0 Å². The summed E-state index contributed by atoms with van der Waals surface area (Å²) in [5.74, 6) is 0.0891. The highest BCUT2D eigenvalue weighted by Gasteiger charge is 2.44. The van der Waals surface area contributed by atoms with Gasteiger partial charge in [0.2, 0.25) is 5.91 Å². The minimum atomic E-state index is -0.0637. The minimum absolute atomic E-state index is 0.0637. The van der Waals surface area contributed by atoms with Crippen molar-refractivity contribution in [1.82, 2.24) is 5.06 Å². The molecule has 50 valence electrons. The molecule has 1 N–H and O–H groups in total. The molecule has 1 aliphatic heterocycles.